The minimum Gasteiger partial charge on any atom is -0.463 e. The number of piperidine rings is 1. The largest absolute Gasteiger partial charge is 0.463 e. The predicted octanol–water partition coefficient (Wildman–Crippen LogP) is 2.56. The highest BCUT2D eigenvalue weighted by molar-refractivity contribution is 7.89. The third-order valence-electron chi connectivity index (χ3n) is 6.40. The van der Waals surface area contributed by atoms with E-state index in [0.29, 0.717) is 30.1 Å². The van der Waals surface area contributed by atoms with Crippen LogP contribution in [0.2, 0.25) is 0 Å². The van der Waals surface area contributed by atoms with Crippen LogP contribution in [0.3, 0.4) is 0 Å². The number of carbonyl (C=O) groups is 1. The molecule has 0 radical (unpaired) electrons. The maximum atomic E-state index is 13.3. The van der Waals surface area contributed by atoms with Gasteiger partial charge in [0.1, 0.15) is 11.4 Å². The minimum absolute atomic E-state index is 0.0239. The number of rotatable bonds is 7. The molecule has 4 heterocycles. The van der Waals surface area contributed by atoms with Crippen LogP contribution in [0.25, 0.3) is 11.5 Å². The van der Waals surface area contributed by atoms with E-state index in [1.54, 1.807) is 36.1 Å². The molecule has 1 aliphatic heterocycles. The maximum Gasteiger partial charge on any atom is 0.269 e. The Morgan fingerprint density at radius 3 is 2.77 bits per heavy atom. The summed E-state index contributed by atoms with van der Waals surface area (Å²) in [6.45, 7) is 0.893. The van der Waals surface area contributed by atoms with Crippen LogP contribution in [0.5, 0.6) is 0 Å². The lowest BCUT2D eigenvalue weighted by Crippen LogP contribution is -2.53. The van der Waals surface area contributed by atoms with Crippen molar-refractivity contribution in [2.75, 3.05) is 19.6 Å². The van der Waals surface area contributed by atoms with Crippen LogP contribution in [0.1, 0.15) is 28.9 Å². The van der Waals surface area contributed by atoms with Gasteiger partial charge in [0, 0.05) is 44.4 Å². The zero-order valence-corrected chi connectivity index (χ0v) is 20.0. The second-order valence-electron chi connectivity index (χ2n) is 8.79. The molecule has 2 N–H and O–H groups in total. The van der Waals surface area contributed by atoms with Crippen LogP contribution >= 0.6 is 0 Å². The number of benzene rings is 1. The number of hydrogen-bond donors (Lipinski definition) is 2. The molecule has 1 amide bonds. The van der Waals surface area contributed by atoms with Gasteiger partial charge >= 0.3 is 0 Å². The lowest BCUT2D eigenvalue weighted by Gasteiger charge is -2.42. The number of H-pyrrole nitrogens is 1. The number of aromatic amines is 1. The molecule has 5 rings (SSSR count). The molecule has 1 saturated heterocycles. The molecule has 1 unspecified atom stereocenters. The Hall–Kier alpha value is -3.70. The summed E-state index contributed by atoms with van der Waals surface area (Å²) in [7, 11) is -2.04. The van der Waals surface area contributed by atoms with Crippen LogP contribution < -0.4 is 5.32 Å². The van der Waals surface area contributed by atoms with Crippen LogP contribution in [0.4, 0.5) is 0 Å². The van der Waals surface area contributed by atoms with Crippen molar-refractivity contribution in [3.63, 3.8) is 0 Å². The van der Waals surface area contributed by atoms with Gasteiger partial charge in [0.05, 0.1) is 12.6 Å². The summed E-state index contributed by atoms with van der Waals surface area (Å²) in [4.78, 5) is 17.1. The van der Waals surface area contributed by atoms with Crippen molar-refractivity contribution < 1.29 is 17.6 Å². The smallest absolute Gasteiger partial charge is 0.269 e. The first-order valence-electron chi connectivity index (χ1n) is 11.3. The summed E-state index contributed by atoms with van der Waals surface area (Å²) in [5.74, 6) is 0.235. The SMILES string of the molecule is Cn1cnc(S(=O)(=O)N2CCCC(CNC(=O)c3cc(-c4ccco4)n[nH]3)(c3ccccc3)C2)c1. The number of furan rings is 1. The average molecular weight is 495 g/mol. The summed E-state index contributed by atoms with van der Waals surface area (Å²) < 4.78 is 35.1. The molecule has 1 fully saturated rings. The van der Waals surface area contributed by atoms with E-state index in [9.17, 15) is 13.2 Å². The van der Waals surface area contributed by atoms with Crippen molar-refractivity contribution in [1.29, 1.82) is 0 Å². The second-order valence-corrected chi connectivity index (χ2v) is 10.7. The maximum absolute atomic E-state index is 13.3. The van der Waals surface area contributed by atoms with E-state index in [1.807, 2.05) is 30.3 Å². The fraction of sp³-hybridized carbons (Fsp3) is 0.292. The van der Waals surface area contributed by atoms with E-state index in [-0.39, 0.29) is 24.0 Å². The van der Waals surface area contributed by atoms with E-state index in [4.69, 9.17) is 4.42 Å². The van der Waals surface area contributed by atoms with E-state index in [2.05, 4.69) is 20.5 Å². The molecular formula is C24H26N6O4S. The fourth-order valence-electron chi connectivity index (χ4n) is 4.56. The third kappa shape index (κ3) is 4.52. The molecule has 0 aliphatic carbocycles. The molecule has 1 aliphatic rings. The molecule has 0 spiro atoms. The third-order valence-corrected chi connectivity index (χ3v) is 8.13. The Morgan fingerprint density at radius 1 is 1.23 bits per heavy atom. The first-order chi connectivity index (χ1) is 16.9. The molecule has 0 saturated carbocycles. The standard InChI is InChI=1S/C24H26N6O4S/c1-29-14-22(26-17-29)35(32,33)30-11-6-10-24(16-30,18-7-3-2-4-8-18)15-25-23(31)20-13-19(27-28-20)21-9-5-12-34-21/h2-5,7-9,12-14,17H,6,10-11,15-16H2,1H3,(H,25,31)(H,27,28). The number of nitrogens with one attached hydrogen (secondary N) is 2. The molecule has 1 aromatic carbocycles. The molecule has 0 bridgehead atoms. The van der Waals surface area contributed by atoms with Gasteiger partial charge in [0.25, 0.3) is 15.9 Å². The molecular weight excluding hydrogens is 468 g/mol. The van der Waals surface area contributed by atoms with Gasteiger partial charge in [-0.25, -0.2) is 13.4 Å². The zero-order chi connectivity index (χ0) is 24.5. The van der Waals surface area contributed by atoms with E-state index < -0.39 is 15.4 Å². The number of nitrogens with zero attached hydrogens (tertiary/aromatic N) is 4. The van der Waals surface area contributed by atoms with Gasteiger partial charge in [-0.1, -0.05) is 30.3 Å². The molecule has 35 heavy (non-hydrogen) atoms. The topological polar surface area (TPSA) is 126 Å². The van der Waals surface area contributed by atoms with Gasteiger partial charge in [-0.15, -0.1) is 0 Å². The van der Waals surface area contributed by atoms with Crippen LogP contribution in [-0.4, -0.2) is 58.0 Å². The highest BCUT2D eigenvalue weighted by atomic mass is 32.2. The van der Waals surface area contributed by atoms with Crippen LogP contribution in [0, 0.1) is 0 Å². The van der Waals surface area contributed by atoms with Gasteiger partial charge in [0.2, 0.25) is 0 Å². The quantitative estimate of drug-likeness (QED) is 0.407. The first-order valence-corrected chi connectivity index (χ1v) is 12.7. The zero-order valence-electron chi connectivity index (χ0n) is 19.2. The average Bonchev–Trinajstić information content (AvgIpc) is 3.65. The number of aromatic nitrogens is 4. The highest BCUT2D eigenvalue weighted by Gasteiger charge is 2.42. The molecule has 3 aromatic heterocycles. The lowest BCUT2D eigenvalue weighted by atomic mass is 9.74. The van der Waals surface area contributed by atoms with Gasteiger partial charge in [-0.3, -0.25) is 9.89 Å². The van der Waals surface area contributed by atoms with E-state index in [1.165, 1.54) is 16.8 Å². The molecule has 10 nitrogen and oxygen atoms in total. The Balaban J connectivity index is 1.39. The van der Waals surface area contributed by atoms with Crippen molar-refractivity contribution in [2.45, 2.75) is 23.3 Å². The molecule has 182 valence electrons. The monoisotopic (exact) mass is 494 g/mol. The number of hydrogen-bond acceptors (Lipinski definition) is 6. The van der Waals surface area contributed by atoms with E-state index >= 15 is 0 Å². The number of sulfonamides is 1. The van der Waals surface area contributed by atoms with Gasteiger partial charge in [-0.2, -0.15) is 9.40 Å². The summed E-state index contributed by atoms with van der Waals surface area (Å²) in [5, 5.41) is 9.93. The Morgan fingerprint density at radius 2 is 2.06 bits per heavy atom. The summed E-state index contributed by atoms with van der Waals surface area (Å²) in [6.07, 6.45) is 5.91. The molecule has 1 atom stereocenters. The number of aryl methyl sites for hydroxylation is 1. The Bertz CT molecular complexity index is 1410. The van der Waals surface area contributed by atoms with Crippen molar-refractivity contribution in [3.05, 3.63) is 78.6 Å². The normalized spacial score (nSPS) is 19.0. The molecule has 4 aromatic rings. The Labute approximate surface area is 203 Å². The lowest BCUT2D eigenvalue weighted by molar-refractivity contribution is 0.0927. The summed E-state index contributed by atoms with van der Waals surface area (Å²) >= 11 is 0. The van der Waals surface area contributed by atoms with Crippen LogP contribution in [0.15, 0.2) is 76.8 Å². The van der Waals surface area contributed by atoms with Gasteiger partial charge in [0.15, 0.2) is 10.8 Å². The van der Waals surface area contributed by atoms with Crippen molar-refractivity contribution >= 4 is 15.9 Å². The minimum atomic E-state index is -3.77. The van der Waals surface area contributed by atoms with Crippen molar-refractivity contribution in [1.82, 2.24) is 29.4 Å². The van der Waals surface area contributed by atoms with Gasteiger partial charge in [-0.05, 0) is 30.5 Å². The first kappa shape index (κ1) is 23.1. The van der Waals surface area contributed by atoms with Crippen molar-refractivity contribution in [2.24, 2.45) is 7.05 Å². The summed E-state index contributed by atoms with van der Waals surface area (Å²) in [5.41, 5.74) is 1.21. The highest BCUT2D eigenvalue weighted by Crippen LogP contribution is 2.36. The number of imidazole rings is 1. The number of carbonyl (C=O) groups excluding carboxylic acids is 1. The van der Waals surface area contributed by atoms with Crippen LogP contribution in [-0.2, 0) is 22.5 Å². The molecule has 11 heteroatoms. The number of amides is 1. The fourth-order valence-corrected chi connectivity index (χ4v) is 6.09. The van der Waals surface area contributed by atoms with Crippen molar-refractivity contribution in [3.8, 4) is 11.5 Å². The van der Waals surface area contributed by atoms with Gasteiger partial charge < -0.3 is 14.3 Å². The van der Waals surface area contributed by atoms with E-state index in [0.717, 1.165) is 12.0 Å². The second kappa shape index (κ2) is 9.16. The Kier molecular flexibility index (Phi) is 6.03. The summed E-state index contributed by atoms with van der Waals surface area (Å²) in [6, 6.07) is 14.9. The predicted molar refractivity (Wildman–Crippen MR) is 128 cm³/mol.